The summed E-state index contributed by atoms with van der Waals surface area (Å²) in [6.07, 6.45) is -0.372. The first-order chi connectivity index (χ1) is 22.7. The van der Waals surface area contributed by atoms with Gasteiger partial charge in [-0.3, -0.25) is 33.6 Å². The minimum atomic E-state index is -1.63. The number of carbonyl (C=O) groups is 8. The summed E-state index contributed by atoms with van der Waals surface area (Å²) in [4.78, 5) is 102. The quantitative estimate of drug-likeness (QED) is 0.0700. The number of hydrogen-bond donors (Lipinski definition) is 8. The average molecular weight is 676 g/mol. The molecule has 0 aliphatic carbocycles. The van der Waals surface area contributed by atoms with Crippen molar-refractivity contribution >= 4 is 47.6 Å². The first-order valence-electron chi connectivity index (χ1n) is 15.6. The average Bonchev–Trinajstić information content (AvgIpc) is 3.51. The van der Waals surface area contributed by atoms with Gasteiger partial charge in [0.1, 0.15) is 36.2 Å². The lowest BCUT2D eigenvalue weighted by Crippen LogP contribution is -2.59. The van der Waals surface area contributed by atoms with Gasteiger partial charge in [0.15, 0.2) is 0 Å². The lowest BCUT2D eigenvalue weighted by molar-refractivity contribution is -0.142. The van der Waals surface area contributed by atoms with E-state index in [0.717, 1.165) is 0 Å². The molecule has 2 rings (SSSR count). The number of carbonyl (C=O) groups excluding carboxylic acids is 8. The van der Waals surface area contributed by atoms with Crippen molar-refractivity contribution in [1.29, 1.82) is 0 Å². The topological polar surface area (TPSA) is 280 Å². The molecule has 5 atom stereocenters. The molecule has 0 bridgehead atoms. The number of benzene rings is 1. The maximum absolute atomic E-state index is 14.0. The van der Waals surface area contributed by atoms with Crippen molar-refractivity contribution < 1.29 is 48.6 Å². The summed E-state index contributed by atoms with van der Waals surface area (Å²) in [5.74, 6) is -5.87. The molecule has 1 aromatic rings. The number of rotatable bonds is 19. The number of aliphatic hydroxyl groups is 1. The van der Waals surface area contributed by atoms with Crippen molar-refractivity contribution in [3.05, 3.63) is 29.8 Å². The Bertz CT molecular complexity index is 1340. The van der Waals surface area contributed by atoms with Crippen LogP contribution in [0.3, 0.4) is 0 Å². The molecule has 48 heavy (non-hydrogen) atoms. The third-order valence-electron chi connectivity index (χ3n) is 7.71. The number of nitrogens with two attached hydrogens (primary N) is 2. The summed E-state index contributed by atoms with van der Waals surface area (Å²) >= 11 is 0. The van der Waals surface area contributed by atoms with Crippen LogP contribution in [0, 0.1) is 5.92 Å². The van der Waals surface area contributed by atoms with Crippen molar-refractivity contribution in [2.45, 2.75) is 89.0 Å². The number of aliphatic hydroxyl groups excluding tert-OH is 1. The van der Waals surface area contributed by atoms with Gasteiger partial charge in [-0.1, -0.05) is 26.0 Å². The standard InChI is InChI=1S/C31H45N7O10/c1-17(2)23(16-40)37-30(47)24-4-3-12-38(24)31(48)22(14-18-5-7-19(41)8-6-18)36-29(46)21(15-26(33)43)35-28(45)20(9-10-25(32)42)34-27(44)11-13-39/h5-8,16-17,20-24,39,41H,3-4,9-15H2,1-2H3,(H2,32,42)(H2,33,43)(H,34,44)(H,35,45)(H,36,46)(H,37,47). The number of nitrogens with one attached hydrogen (secondary N) is 4. The lowest BCUT2D eigenvalue weighted by Gasteiger charge is -2.31. The minimum Gasteiger partial charge on any atom is -0.508 e. The number of likely N-dealkylation sites (tertiary alicyclic amines) is 1. The van der Waals surface area contributed by atoms with Gasteiger partial charge in [-0.25, -0.2) is 0 Å². The summed E-state index contributed by atoms with van der Waals surface area (Å²) in [6, 6.07) is -0.249. The summed E-state index contributed by atoms with van der Waals surface area (Å²) in [7, 11) is 0. The largest absolute Gasteiger partial charge is 0.508 e. The van der Waals surface area contributed by atoms with Crippen LogP contribution < -0.4 is 32.7 Å². The van der Waals surface area contributed by atoms with Crippen LogP contribution >= 0.6 is 0 Å². The van der Waals surface area contributed by atoms with E-state index in [-0.39, 0.29) is 43.9 Å². The van der Waals surface area contributed by atoms with Crippen molar-refractivity contribution in [1.82, 2.24) is 26.2 Å². The number of hydrogen-bond acceptors (Lipinski definition) is 10. The molecule has 0 aromatic heterocycles. The fourth-order valence-corrected chi connectivity index (χ4v) is 5.07. The summed E-state index contributed by atoms with van der Waals surface area (Å²) in [5, 5.41) is 28.6. The van der Waals surface area contributed by atoms with E-state index in [9.17, 15) is 43.5 Å². The molecular weight excluding hydrogens is 630 g/mol. The molecule has 1 fully saturated rings. The number of primary amides is 2. The van der Waals surface area contributed by atoms with Gasteiger partial charge in [0, 0.05) is 25.8 Å². The second-order valence-corrected chi connectivity index (χ2v) is 11.9. The minimum absolute atomic E-state index is 0.0435. The predicted molar refractivity (Wildman–Crippen MR) is 169 cm³/mol. The second kappa shape index (κ2) is 18.9. The molecule has 10 N–H and O–H groups in total. The monoisotopic (exact) mass is 675 g/mol. The predicted octanol–water partition coefficient (Wildman–Crippen LogP) is -2.76. The molecule has 1 aliphatic rings. The van der Waals surface area contributed by atoms with Crippen LogP contribution in [-0.2, 0) is 44.8 Å². The Labute approximate surface area is 277 Å². The van der Waals surface area contributed by atoms with E-state index < -0.39 is 84.6 Å². The number of amides is 7. The van der Waals surface area contributed by atoms with E-state index in [0.29, 0.717) is 24.7 Å². The van der Waals surface area contributed by atoms with E-state index in [2.05, 4.69) is 21.3 Å². The van der Waals surface area contributed by atoms with E-state index in [1.165, 1.54) is 29.2 Å². The summed E-state index contributed by atoms with van der Waals surface area (Å²) in [5.41, 5.74) is 11.1. The Balaban J connectivity index is 2.36. The van der Waals surface area contributed by atoms with E-state index in [1.54, 1.807) is 13.8 Å². The number of phenols is 1. The molecule has 17 heteroatoms. The molecule has 1 saturated heterocycles. The van der Waals surface area contributed by atoms with Crippen molar-refractivity contribution in [2.24, 2.45) is 17.4 Å². The molecule has 0 saturated carbocycles. The highest BCUT2D eigenvalue weighted by molar-refractivity contribution is 5.97. The zero-order valence-corrected chi connectivity index (χ0v) is 27.0. The summed E-state index contributed by atoms with van der Waals surface area (Å²) < 4.78 is 0. The Morgan fingerprint density at radius 1 is 0.896 bits per heavy atom. The van der Waals surface area contributed by atoms with Gasteiger partial charge in [0.05, 0.1) is 19.1 Å². The third-order valence-corrected chi connectivity index (χ3v) is 7.71. The highest BCUT2D eigenvalue weighted by Gasteiger charge is 2.39. The Hall–Kier alpha value is -5.06. The molecule has 264 valence electrons. The maximum Gasteiger partial charge on any atom is 0.246 e. The molecule has 1 heterocycles. The fourth-order valence-electron chi connectivity index (χ4n) is 5.07. The van der Waals surface area contributed by atoms with Crippen LogP contribution in [-0.4, -0.2) is 106 Å². The van der Waals surface area contributed by atoms with Gasteiger partial charge < -0.3 is 52.6 Å². The van der Waals surface area contributed by atoms with E-state index in [4.69, 9.17) is 16.6 Å². The normalized spacial score (nSPS) is 16.6. The van der Waals surface area contributed by atoms with Crippen molar-refractivity contribution in [3.63, 3.8) is 0 Å². The number of aldehydes is 1. The molecule has 7 amide bonds. The zero-order chi connectivity index (χ0) is 36.0. The van der Waals surface area contributed by atoms with Crippen molar-refractivity contribution in [3.8, 4) is 5.75 Å². The molecule has 1 aliphatic heterocycles. The molecule has 1 aromatic carbocycles. The molecule has 0 spiro atoms. The van der Waals surface area contributed by atoms with Crippen LogP contribution in [0.2, 0.25) is 0 Å². The highest BCUT2D eigenvalue weighted by Crippen LogP contribution is 2.21. The van der Waals surface area contributed by atoms with Gasteiger partial charge in [-0.05, 0) is 42.9 Å². The van der Waals surface area contributed by atoms with E-state index in [1.807, 2.05) is 0 Å². The molecule has 17 nitrogen and oxygen atoms in total. The SMILES string of the molecule is CC(C)C(C=O)NC(=O)C1CCCN1C(=O)C(Cc1ccc(O)cc1)NC(=O)C(CC(N)=O)NC(=O)C(CCC(N)=O)NC(=O)CCO. The third kappa shape index (κ3) is 12.3. The zero-order valence-electron chi connectivity index (χ0n) is 27.0. The molecular formula is C31H45N7O10. The summed E-state index contributed by atoms with van der Waals surface area (Å²) in [6.45, 7) is 3.16. The van der Waals surface area contributed by atoms with Gasteiger partial charge >= 0.3 is 0 Å². The molecule has 0 radical (unpaired) electrons. The highest BCUT2D eigenvalue weighted by atomic mass is 16.3. The van der Waals surface area contributed by atoms with Crippen molar-refractivity contribution in [2.75, 3.05) is 13.2 Å². The maximum atomic E-state index is 14.0. The van der Waals surface area contributed by atoms with Gasteiger partial charge in [0.25, 0.3) is 0 Å². The van der Waals surface area contributed by atoms with Gasteiger partial charge in [-0.15, -0.1) is 0 Å². The smallest absolute Gasteiger partial charge is 0.246 e. The Kier molecular flexibility index (Phi) is 15.4. The van der Waals surface area contributed by atoms with Crippen LogP contribution in [0.5, 0.6) is 5.75 Å². The first-order valence-corrected chi connectivity index (χ1v) is 15.6. The Morgan fingerprint density at radius 3 is 2.08 bits per heavy atom. The Morgan fingerprint density at radius 2 is 1.52 bits per heavy atom. The van der Waals surface area contributed by atoms with Crippen LogP contribution in [0.4, 0.5) is 0 Å². The number of nitrogens with zero attached hydrogens (tertiary/aromatic N) is 1. The number of phenolic OH excluding ortho intramolecular Hbond substituents is 1. The van der Waals surface area contributed by atoms with E-state index >= 15 is 0 Å². The van der Waals surface area contributed by atoms with Crippen LogP contribution in [0.25, 0.3) is 0 Å². The van der Waals surface area contributed by atoms with Gasteiger partial charge in [-0.2, -0.15) is 0 Å². The lowest BCUT2D eigenvalue weighted by atomic mass is 10.0. The van der Waals surface area contributed by atoms with Gasteiger partial charge in [0.2, 0.25) is 41.4 Å². The fraction of sp³-hybridized carbons (Fsp3) is 0.548. The second-order valence-electron chi connectivity index (χ2n) is 11.9. The van der Waals surface area contributed by atoms with Crippen LogP contribution in [0.15, 0.2) is 24.3 Å². The number of aromatic hydroxyl groups is 1. The molecule has 5 unspecified atom stereocenters. The van der Waals surface area contributed by atoms with Crippen LogP contribution in [0.1, 0.15) is 57.9 Å². The first kappa shape index (κ1) is 39.1.